The third kappa shape index (κ3) is 2.67. The van der Waals surface area contributed by atoms with Crippen molar-refractivity contribution in [2.75, 3.05) is 6.54 Å². The number of carbonyl (C=O) groups is 2. The van der Waals surface area contributed by atoms with Crippen LogP contribution in [-0.2, 0) is 4.79 Å². The molecule has 7 heteroatoms. The van der Waals surface area contributed by atoms with E-state index < -0.39 is 5.97 Å². The van der Waals surface area contributed by atoms with Crippen molar-refractivity contribution in [1.82, 2.24) is 14.7 Å². The van der Waals surface area contributed by atoms with Gasteiger partial charge in [0.05, 0.1) is 0 Å². The van der Waals surface area contributed by atoms with Gasteiger partial charge in [0.15, 0.2) is 4.96 Å². The molecule has 2 rings (SSSR count). The number of hydrogen-bond donors (Lipinski definition) is 2. The molecule has 6 nitrogen and oxygen atoms in total. The molecule has 0 saturated carbocycles. The first kappa shape index (κ1) is 12.6. The summed E-state index contributed by atoms with van der Waals surface area (Å²) in [5.41, 5.74) is 1.40. The molecule has 2 heterocycles. The van der Waals surface area contributed by atoms with Crippen molar-refractivity contribution >= 4 is 28.2 Å². The first-order valence-corrected chi connectivity index (χ1v) is 6.39. The molecular weight excluding hydrogens is 254 g/mol. The summed E-state index contributed by atoms with van der Waals surface area (Å²) < 4.78 is 1.86. The Morgan fingerprint density at radius 1 is 1.56 bits per heavy atom. The summed E-state index contributed by atoms with van der Waals surface area (Å²) in [4.78, 5) is 27.0. The van der Waals surface area contributed by atoms with E-state index in [0.717, 1.165) is 10.7 Å². The van der Waals surface area contributed by atoms with Crippen LogP contribution in [-0.4, -0.2) is 32.9 Å². The molecule has 2 aromatic rings. The van der Waals surface area contributed by atoms with Gasteiger partial charge in [0.1, 0.15) is 5.69 Å². The molecular formula is C11H13N3O3S. The lowest BCUT2D eigenvalue weighted by Crippen LogP contribution is -2.25. The largest absolute Gasteiger partial charge is 0.481 e. The summed E-state index contributed by atoms with van der Waals surface area (Å²) in [6.07, 6.45) is 2.16. The lowest BCUT2D eigenvalue weighted by atomic mass is 10.3. The molecule has 18 heavy (non-hydrogen) atoms. The van der Waals surface area contributed by atoms with Crippen LogP contribution >= 0.6 is 11.3 Å². The number of carboxylic acid groups (broad SMARTS) is 1. The van der Waals surface area contributed by atoms with E-state index in [1.807, 2.05) is 16.7 Å². The minimum Gasteiger partial charge on any atom is -0.481 e. The Kier molecular flexibility index (Phi) is 3.61. The highest BCUT2D eigenvalue weighted by molar-refractivity contribution is 7.15. The number of carbonyl (C=O) groups excluding carboxylic acids is 1. The molecule has 0 aromatic carbocycles. The number of aryl methyl sites for hydroxylation is 1. The van der Waals surface area contributed by atoms with E-state index in [1.165, 1.54) is 11.3 Å². The molecule has 0 radical (unpaired) electrons. The van der Waals surface area contributed by atoms with Crippen molar-refractivity contribution in [2.24, 2.45) is 0 Å². The van der Waals surface area contributed by atoms with Crippen LogP contribution in [0.5, 0.6) is 0 Å². The van der Waals surface area contributed by atoms with E-state index in [0.29, 0.717) is 18.7 Å². The molecule has 2 aromatic heterocycles. The summed E-state index contributed by atoms with van der Waals surface area (Å²) >= 11 is 1.48. The van der Waals surface area contributed by atoms with Gasteiger partial charge >= 0.3 is 5.97 Å². The first-order valence-electron chi connectivity index (χ1n) is 5.51. The van der Waals surface area contributed by atoms with Crippen LogP contribution in [0.25, 0.3) is 4.96 Å². The second kappa shape index (κ2) is 5.18. The normalized spacial score (nSPS) is 10.7. The average molecular weight is 267 g/mol. The van der Waals surface area contributed by atoms with E-state index >= 15 is 0 Å². The Labute approximate surface area is 107 Å². The molecule has 0 spiro atoms. The Bertz CT molecular complexity index is 587. The number of fused-ring (bicyclic) bond motifs is 1. The quantitative estimate of drug-likeness (QED) is 0.800. The minimum atomic E-state index is -0.859. The smallest absolute Gasteiger partial charge is 0.303 e. The Morgan fingerprint density at radius 3 is 3.00 bits per heavy atom. The van der Waals surface area contributed by atoms with Crippen LogP contribution in [0.4, 0.5) is 0 Å². The van der Waals surface area contributed by atoms with Gasteiger partial charge in [-0.25, -0.2) is 4.98 Å². The van der Waals surface area contributed by atoms with Crippen molar-refractivity contribution in [3.8, 4) is 0 Å². The maximum absolute atomic E-state index is 11.7. The van der Waals surface area contributed by atoms with Gasteiger partial charge < -0.3 is 10.4 Å². The third-order valence-electron chi connectivity index (χ3n) is 2.47. The Balaban J connectivity index is 1.94. The standard InChI is InChI=1S/C11H13N3O3S/c1-7-6-18-11-13-8(5-14(7)11)10(17)12-4-2-3-9(15)16/h5-6H,2-4H2,1H3,(H,12,17)(H,15,16). The molecule has 1 amide bonds. The number of aliphatic carboxylic acids is 1. The fourth-order valence-electron chi connectivity index (χ4n) is 1.54. The number of rotatable bonds is 5. The predicted octanol–water partition coefficient (Wildman–Crippen LogP) is 1.30. The number of imidazole rings is 1. The van der Waals surface area contributed by atoms with Crippen LogP contribution in [0.15, 0.2) is 11.6 Å². The Hall–Kier alpha value is -1.89. The minimum absolute atomic E-state index is 0.0532. The number of carboxylic acids is 1. The molecule has 0 unspecified atom stereocenters. The number of thiazole rings is 1. The second-order valence-corrected chi connectivity index (χ2v) is 4.75. The molecule has 0 aliphatic rings. The number of nitrogens with one attached hydrogen (secondary N) is 1. The zero-order valence-electron chi connectivity index (χ0n) is 9.84. The van der Waals surface area contributed by atoms with Gasteiger partial charge in [-0.3, -0.25) is 14.0 Å². The summed E-state index contributed by atoms with van der Waals surface area (Å²) in [5, 5.41) is 13.1. The van der Waals surface area contributed by atoms with Crippen molar-refractivity contribution in [3.05, 3.63) is 23.0 Å². The monoisotopic (exact) mass is 267 g/mol. The molecule has 0 fully saturated rings. The molecule has 0 aliphatic heterocycles. The average Bonchev–Trinajstić information content (AvgIpc) is 2.87. The zero-order chi connectivity index (χ0) is 13.1. The fraction of sp³-hybridized carbons (Fsp3) is 0.364. The number of aromatic nitrogens is 2. The third-order valence-corrected chi connectivity index (χ3v) is 3.43. The van der Waals surface area contributed by atoms with E-state index in [4.69, 9.17) is 5.11 Å². The molecule has 0 bridgehead atoms. The van der Waals surface area contributed by atoms with Crippen molar-refractivity contribution in [3.63, 3.8) is 0 Å². The van der Waals surface area contributed by atoms with E-state index in [1.54, 1.807) is 6.20 Å². The van der Waals surface area contributed by atoms with Crippen LogP contribution in [0.3, 0.4) is 0 Å². The highest BCUT2D eigenvalue weighted by atomic mass is 32.1. The summed E-state index contributed by atoms with van der Waals surface area (Å²) in [7, 11) is 0. The summed E-state index contributed by atoms with van der Waals surface area (Å²) in [5.74, 6) is -1.13. The van der Waals surface area contributed by atoms with Gasteiger partial charge in [-0.2, -0.15) is 0 Å². The van der Waals surface area contributed by atoms with Gasteiger partial charge in [0.2, 0.25) is 0 Å². The van der Waals surface area contributed by atoms with Crippen LogP contribution in [0.2, 0.25) is 0 Å². The van der Waals surface area contributed by atoms with Crippen LogP contribution < -0.4 is 5.32 Å². The van der Waals surface area contributed by atoms with Gasteiger partial charge in [0, 0.05) is 30.2 Å². The second-order valence-electron chi connectivity index (χ2n) is 3.91. The molecule has 0 atom stereocenters. The molecule has 0 aliphatic carbocycles. The van der Waals surface area contributed by atoms with E-state index in [2.05, 4.69) is 10.3 Å². The molecule has 96 valence electrons. The number of nitrogens with zero attached hydrogens (tertiary/aromatic N) is 2. The first-order chi connectivity index (χ1) is 8.58. The van der Waals surface area contributed by atoms with Crippen molar-refractivity contribution in [1.29, 1.82) is 0 Å². The summed E-state index contributed by atoms with van der Waals surface area (Å²) in [6, 6.07) is 0. The maximum atomic E-state index is 11.7. The van der Waals surface area contributed by atoms with Crippen LogP contribution in [0, 0.1) is 6.92 Å². The summed E-state index contributed by atoms with van der Waals surface area (Å²) in [6.45, 7) is 2.29. The van der Waals surface area contributed by atoms with Crippen molar-refractivity contribution in [2.45, 2.75) is 19.8 Å². The number of amides is 1. The number of hydrogen-bond acceptors (Lipinski definition) is 4. The van der Waals surface area contributed by atoms with E-state index in [9.17, 15) is 9.59 Å². The van der Waals surface area contributed by atoms with Gasteiger partial charge in [0.25, 0.3) is 5.91 Å². The lowest BCUT2D eigenvalue weighted by molar-refractivity contribution is -0.137. The van der Waals surface area contributed by atoms with Gasteiger partial charge in [-0.15, -0.1) is 11.3 Å². The lowest BCUT2D eigenvalue weighted by Gasteiger charge is -2.00. The SMILES string of the molecule is Cc1csc2nc(C(=O)NCCCC(=O)O)cn12. The fourth-order valence-corrected chi connectivity index (χ4v) is 2.39. The van der Waals surface area contributed by atoms with E-state index in [-0.39, 0.29) is 12.3 Å². The topological polar surface area (TPSA) is 83.7 Å². The molecule has 0 saturated heterocycles. The highest BCUT2D eigenvalue weighted by Crippen LogP contribution is 2.15. The Morgan fingerprint density at radius 2 is 2.33 bits per heavy atom. The predicted molar refractivity (Wildman–Crippen MR) is 67.0 cm³/mol. The van der Waals surface area contributed by atoms with Crippen molar-refractivity contribution < 1.29 is 14.7 Å². The maximum Gasteiger partial charge on any atom is 0.303 e. The zero-order valence-corrected chi connectivity index (χ0v) is 10.7. The molecule has 2 N–H and O–H groups in total. The highest BCUT2D eigenvalue weighted by Gasteiger charge is 2.12. The van der Waals surface area contributed by atoms with Gasteiger partial charge in [-0.1, -0.05) is 0 Å². The van der Waals surface area contributed by atoms with Crippen LogP contribution in [0.1, 0.15) is 29.0 Å². The van der Waals surface area contributed by atoms with Gasteiger partial charge in [-0.05, 0) is 13.3 Å².